The molecule has 0 fully saturated rings. The second-order valence-electron chi connectivity index (χ2n) is 1.18. The highest BCUT2D eigenvalue weighted by Crippen LogP contribution is 1.66. The molecule has 36 valence electrons. The molecular formula is C4H10NO+. The van der Waals surface area contributed by atoms with Crippen LogP contribution in [0.25, 0.3) is 0 Å². The number of aliphatic hydroxyl groups excluding tert-OH is 1. The molecule has 0 aromatic carbocycles. The van der Waals surface area contributed by atoms with Crippen molar-refractivity contribution in [1.82, 2.24) is 0 Å². The molecule has 1 atom stereocenters. The third-order valence-corrected chi connectivity index (χ3v) is 0.568. The monoisotopic (exact) mass is 88.1 g/mol. The second kappa shape index (κ2) is 2.87. The van der Waals surface area contributed by atoms with E-state index in [4.69, 9.17) is 5.11 Å². The zero-order valence-corrected chi connectivity index (χ0v) is 3.72. The molecule has 0 aromatic rings. The van der Waals surface area contributed by atoms with E-state index in [-0.39, 0.29) is 12.6 Å². The molecule has 0 unspecified atom stereocenters. The van der Waals surface area contributed by atoms with Crippen molar-refractivity contribution in [2.24, 2.45) is 0 Å². The molecule has 0 spiro atoms. The molecule has 0 aromatic heterocycles. The highest BCUT2D eigenvalue weighted by Gasteiger charge is 1.90. The summed E-state index contributed by atoms with van der Waals surface area (Å²) < 4.78 is 0. The molecule has 0 rings (SSSR count). The molecular weight excluding hydrogens is 78.0 g/mol. The number of hydrogen-bond acceptors (Lipinski definition) is 1. The molecule has 2 nitrogen and oxygen atoms in total. The Morgan fingerprint density at radius 1 is 2.00 bits per heavy atom. The molecule has 2 heteroatoms. The van der Waals surface area contributed by atoms with Gasteiger partial charge in [-0.2, -0.15) is 0 Å². The first-order chi connectivity index (χ1) is 2.81. The zero-order valence-electron chi connectivity index (χ0n) is 3.72. The van der Waals surface area contributed by atoms with Gasteiger partial charge >= 0.3 is 0 Å². The van der Waals surface area contributed by atoms with E-state index in [1.165, 1.54) is 0 Å². The first-order valence-corrected chi connectivity index (χ1v) is 1.87. The molecule has 0 heterocycles. The lowest BCUT2D eigenvalue weighted by Crippen LogP contribution is -2.61. The van der Waals surface area contributed by atoms with Crippen LogP contribution in [0.15, 0.2) is 12.7 Å². The van der Waals surface area contributed by atoms with Gasteiger partial charge in [-0.3, -0.25) is 0 Å². The van der Waals surface area contributed by atoms with Crippen molar-refractivity contribution in [2.45, 2.75) is 6.04 Å². The first kappa shape index (κ1) is 5.66. The Hall–Kier alpha value is -0.340. The van der Waals surface area contributed by atoms with Gasteiger partial charge in [0.2, 0.25) is 0 Å². The van der Waals surface area contributed by atoms with E-state index in [9.17, 15) is 0 Å². The van der Waals surface area contributed by atoms with Crippen LogP contribution in [0.5, 0.6) is 0 Å². The predicted octanol–water partition coefficient (Wildman–Crippen LogP) is -1.22. The third kappa shape index (κ3) is 1.93. The van der Waals surface area contributed by atoms with Crippen molar-refractivity contribution in [3.05, 3.63) is 12.7 Å². The Kier molecular flexibility index (Phi) is 2.71. The van der Waals surface area contributed by atoms with Gasteiger partial charge in [0.05, 0.1) is 6.61 Å². The van der Waals surface area contributed by atoms with E-state index in [1.54, 1.807) is 6.08 Å². The maximum atomic E-state index is 8.20. The summed E-state index contributed by atoms with van der Waals surface area (Å²) in [6.45, 7) is 3.51. The molecule has 0 aliphatic heterocycles. The number of quaternary nitrogens is 1. The quantitative estimate of drug-likeness (QED) is 0.408. The van der Waals surface area contributed by atoms with Crippen LogP contribution in [0.4, 0.5) is 0 Å². The third-order valence-electron chi connectivity index (χ3n) is 0.568. The lowest BCUT2D eigenvalue weighted by Gasteiger charge is -1.90. The summed E-state index contributed by atoms with van der Waals surface area (Å²) in [5.74, 6) is 0. The largest absolute Gasteiger partial charge is 0.390 e. The number of hydrogen-bond donors (Lipinski definition) is 2. The Morgan fingerprint density at radius 2 is 2.50 bits per heavy atom. The van der Waals surface area contributed by atoms with Gasteiger partial charge in [-0.1, -0.05) is 6.58 Å². The van der Waals surface area contributed by atoms with E-state index < -0.39 is 0 Å². The van der Waals surface area contributed by atoms with Crippen LogP contribution >= 0.6 is 0 Å². The van der Waals surface area contributed by atoms with Crippen molar-refractivity contribution < 1.29 is 10.8 Å². The fraction of sp³-hybridized carbons (Fsp3) is 0.500. The molecule has 0 amide bonds. The van der Waals surface area contributed by atoms with E-state index in [0.29, 0.717) is 0 Å². The molecule has 0 aliphatic carbocycles. The van der Waals surface area contributed by atoms with Gasteiger partial charge in [-0.15, -0.1) is 0 Å². The fourth-order valence-electron chi connectivity index (χ4n) is 0.0745. The molecule has 0 aliphatic rings. The molecule has 4 N–H and O–H groups in total. The normalized spacial score (nSPS) is 13.7. The van der Waals surface area contributed by atoms with Crippen molar-refractivity contribution in [2.75, 3.05) is 6.61 Å². The van der Waals surface area contributed by atoms with Crippen LogP contribution in [0.2, 0.25) is 0 Å². The second-order valence-corrected chi connectivity index (χ2v) is 1.18. The van der Waals surface area contributed by atoms with Crippen LogP contribution in [-0.4, -0.2) is 17.8 Å². The summed E-state index contributed by atoms with van der Waals surface area (Å²) in [4.78, 5) is 0. The standard InChI is InChI=1S/C4H9NO/c1-2-4(5)3-6/h2,4,6H,1,3,5H2/p+1/t4-/m1/s1. The lowest BCUT2D eigenvalue weighted by molar-refractivity contribution is -0.408. The van der Waals surface area contributed by atoms with Crippen molar-refractivity contribution >= 4 is 0 Å². The van der Waals surface area contributed by atoms with Crippen LogP contribution in [0, 0.1) is 0 Å². The molecule has 0 saturated heterocycles. The van der Waals surface area contributed by atoms with Gasteiger partial charge in [-0.05, 0) is 6.08 Å². The maximum absolute atomic E-state index is 8.20. The van der Waals surface area contributed by atoms with E-state index >= 15 is 0 Å². The molecule has 6 heavy (non-hydrogen) atoms. The van der Waals surface area contributed by atoms with Gasteiger partial charge in [0.15, 0.2) is 0 Å². The minimum absolute atomic E-state index is 0.00463. The average Bonchev–Trinajstić information content (AvgIpc) is 1.65. The summed E-state index contributed by atoms with van der Waals surface area (Å²) in [5, 5.41) is 8.20. The molecule has 0 radical (unpaired) electrons. The highest BCUT2D eigenvalue weighted by atomic mass is 16.3. The zero-order chi connectivity index (χ0) is 4.99. The summed E-state index contributed by atoms with van der Waals surface area (Å²) in [5.41, 5.74) is 3.51. The Morgan fingerprint density at radius 3 is 2.50 bits per heavy atom. The Balaban J connectivity index is 2.96. The van der Waals surface area contributed by atoms with Gasteiger partial charge < -0.3 is 10.8 Å². The molecule has 0 saturated carbocycles. The van der Waals surface area contributed by atoms with Crippen LogP contribution in [0.1, 0.15) is 0 Å². The Bertz CT molecular complexity index is 44.8. The SMILES string of the molecule is C=C[C@@H]([NH3+])CO. The number of aliphatic hydroxyl groups is 1. The van der Waals surface area contributed by atoms with Crippen LogP contribution < -0.4 is 5.73 Å². The van der Waals surface area contributed by atoms with Gasteiger partial charge in [0.1, 0.15) is 6.04 Å². The van der Waals surface area contributed by atoms with E-state index in [0.717, 1.165) is 0 Å². The van der Waals surface area contributed by atoms with Crippen molar-refractivity contribution in [3.63, 3.8) is 0 Å². The smallest absolute Gasteiger partial charge is 0.126 e. The topological polar surface area (TPSA) is 47.9 Å². The molecule has 0 bridgehead atoms. The van der Waals surface area contributed by atoms with Gasteiger partial charge in [0.25, 0.3) is 0 Å². The number of rotatable bonds is 2. The summed E-state index contributed by atoms with van der Waals surface area (Å²) in [6, 6.07) is 0.00463. The minimum Gasteiger partial charge on any atom is -0.390 e. The van der Waals surface area contributed by atoms with E-state index in [1.807, 2.05) is 0 Å². The Labute approximate surface area is 37.3 Å². The fourth-order valence-corrected chi connectivity index (χ4v) is 0.0745. The van der Waals surface area contributed by atoms with Gasteiger partial charge in [0, 0.05) is 0 Å². The first-order valence-electron chi connectivity index (χ1n) is 1.87. The average molecular weight is 88.1 g/mol. The highest BCUT2D eigenvalue weighted by molar-refractivity contribution is 4.74. The summed E-state index contributed by atoms with van der Waals surface area (Å²) in [6.07, 6.45) is 1.61. The van der Waals surface area contributed by atoms with Crippen LogP contribution in [0.3, 0.4) is 0 Å². The summed E-state index contributed by atoms with van der Waals surface area (Å²) in [7, 11) is 0. The van der Waals surface area contributed by atoms with Crippen LogP contribution in [-0.2, 0) is 0 Å². The predicted molar refractivity (Wildman–Crippen MR) is 24.0 cm³/mol. The van der Waals surface area contributed by atoms with Crippen molar-refractivity contribution in [1.29, 1.82) is 0 Å². The minimum atomic E-state index is 0.00463. The lowest BCUT2D eigenvalue weighted by atomic mass is 10.3. The van der Waals surface area contributed by atoms with Crippen molar-refractivity contribution in [3.8, 4) is 0 Å². The maximum Gasteiger partial charge on any atom is 0.126 e. The van der Waals surface area contributed by atoms with E-state index in [2.05, 4.69) is 12.3 Å². The summed E-state index contributed by atoms with van der Waals surface area (Å²) >= 11 is 0. The van der Waals surface area contributed by atoms with Gasteiger partial charge in [-0.25, -0.2) is 0 Å².